The quantitative estimate of drug-likeness (QED) is 0.0993. The fourth-order valence-electron chi connectivity index (χ4n) is 3.47. The van der Waals surface area contributed by atoms with Crippen molar-refractivity contribution in [3.05, 3.63) is 66.7 Å². The first-order valence-electron chi connectivity index (χ1n) is 10.8. The molecule has 0 spiro atoms. The SMILES string of the molecule is C.COc1ccccc1OCCNCC(O)COc1cccc2[nH]c3ccccc3c12.O=[P+]([O-])OO.[HH]. The molecule has 2 atom stereocenters. The Labute approximate surface area is 211 Å². The van der Waals surface area contributed by atoms with Crippen LogP contribution in [0.4, 0.5) is 0 Å². The standard InChI is InChI=1S/C24H26N2O4.CH4.HO4P.H2/c1-28-21-10-4-5-11-22(21)29-14-13-25-15-17(27)16-30-23-12-6-9-20-24(23)18-7-2-3-8-19(18)26-20;;1-4-5(2)3;/h2-12,17,25-27H,13-16H2,1H3;1H4;1H;1H. The van der Waals surface area contributed by atoms with Gasteiger partial charge in [0.15, 0.2) is 11.5 Å². The fourth-order valence-corrected chi connectivity index (χ4v) is 3.47. The summed E-state index contributed by atoms with van der Waals surface area (Å²) in [5.74, 6) is 2.18. The van der Waals surface area contributed by atoms with E-state index in [1.165, 1.54) is 0 Å². The number of para-hydroxylation sites is 3. The highest BCUT2D eigenvalue weighted by molar-refractivity contribution is 7.30. The number of aromatic amines is 1. The van der Waals surface area contributed by atoms with Crippen molar-refractivity contribution in [3.63, 3.8) is 0 Å². The van der Waals surface area contributed by atoms with E-state index >= 15 is 0 Å². The molecule has 2 unspecified atom stereocenters. The van der Waals surface area contributed by atoms with Crippen molar-refractivity contribution in [2.75, 3.05) is 33.4 Å². The topological polar surface area (TPSA) is 145 Å². The second kappa shape index (κ2) is 15.0. The summed E-state index contributed by atoms with van der Waals surface area (Å²) in [6.07, 6.45) is -0.628. The predicted octanol–water partition coefficient (Wildman–Crippen LogP) is 4.11. The molecule has 36 heavy (non-hydrogen) atoms. The van der Waals surface area contributed by atoms with E-state index in [1.807, 2.05) is 60.7 Å². The van der Waals surface area contributed by atoms with E-state index in [2.05, 4.69) is 21.0 Å². The number of nitrogens with one attached hydrogen (secondary N) is 2. The van der Waals surface area contributed by atoms with Crippen LogP contribution in [0, 0.1) is 0 Å². The largest absolute Gasteiger partial charge is 0.565 e. The summed E-state index contributed by atoms with van der Waals surface area (Å²) in [7, 11) is -1.42. The van der Waals surface area contributed by atoms with Crippen LogP contribution in [0.1, 0.15) is 8.85 Å². The van der Waals surface area contributed by atoms with Gasteiger partial charge in [-0.1, -0.05) is 43.8 Å². The van der Waals surface area contributed by atoms with Crippen molar-refractivity contribution >= 4 is 30.1 Å². The van der Waals surface area contributed by atoms with Gasteiger partial charge in [-0.3, -0.25) is 0 Å². The Balaban J connectivity index is 0.000000895. The summed E-state index contributed by atoms with van der Waals surface area (Å²) < 4.78 is 28.6. The van der Waals surface area contributed by atoms with Crippen molar-refractivity contribution in [1.82, 2.24) is 10.3 Å². The minimum absolute atomic E-state index is 0. The highest BCUT2D eigenvalue weighted by atomic mass is 31.1. The molecule has 196 valence electrons. The molecule has 11 heteroatoms. The van der Waals surface area contributed by atoms with E-state index in [4.69, 9.17) is 28.9 Å². The van der Waals surface area contributed by atoms with Crippen molar-refractivity contribution in [1.29, 1.82) is 0 Å². The molecule has 0 bridgehead atoms. The number of hydrogen-bond acceptors (Lipinski definition) is 9. The molecule has 0 aliphatic rings. The Kier molecular flexibility index (Phi) is 12.1. The summed E-state index contributed by atoms with van der Waals surface area (Å²) in [4.78, 5) is 12.3. The molecule has 1 aromatic heterocycles. The van der Waals surface area contributed by atoms with E-state index in [-0.39, 0.29) is 15.5 Å². The molecule has 10 nitrogen and oxygen atoms in total. The Morgan fingerprint density at radius 2 is 1.64 bits per heavy atom. The van der Waals surface area contributed by atoms with Crippen LogP contribution in [0.3, 0.4) is 0 Å². The van der Waals surface area contributed by atoms with E-state index < -0.39 is 14.4 Å². The number of fused-ring (bicyclic) bond motifs is 3. The molecule has 0 saturated heterocycles. The molecule has 0 radical (unpaired) electrons. The van der Waals surface area contributed by atoms with Crippen LogP contribution in [0.2, 0.25) is 0 Å². The summed E-state index contributed by atoms with van der Waals surface area (Å²) in [5, 5.41) is 22.7. The van der Waals surface area contributed by atoms with Crippen molar-refractivity contribution in [3.8, 4) is 17.2 Å². The Morgan fingerprint density at radius 1 is 1.00 bits per heavy atom. The number of methoxy groups -OCH3 is 1. The number of aliphatic hydroxyl groups excluding tert-OH is 1. The van der Waals surface area contributed by atoms with Crippen LogP contribution in [-0.4, -0.2) is 54.9 Å². The number of aromatic nitrogens is 1. The molecular formula is C25H33N2O8P. The van der Waals surface area contributed by atoms with Gasteiger partial charge in [0.05, 0.1) is 12.6 Å². The Morgan fingerprint density at radius 3 is 2.36 bits per heavy atom. The number of ether oxygens (including phenoxy) is 3. The first-order valence-corrected chi connectivity index (χ1v) is 11.9. The van der Waals surface area contributed by atoms with Gasteiger partial charge in [-0.05, 0) is 34.9 Å². The molecule has 3 aromatic carbocycles. The van der Waals surface area contributed by atoms with Crippen LogP contribution in [-0.2, 0) is 9.24 Å². The fraction of sp³-hybridized carbons (Fsp3) is 0.280. The van der Waals surface area contributed by atoms with Crippen molar-refractivity contribution in [2.24, 2.45) is 0 Å². The molecule has 0 aliphatic carbocycles. The lowest BCUT2D eigenvalue weighted by molar-refractivity contribution is -0.244. The van der Waals surface area contributed by atoms with Gasteiger partial charge in [0.2, 0.25) is 0 Å². The van der Waals surface area contributed by atoms with E-state index in [0.717, 1.165) is 27.6 Å². The lowest BCUT2D eigenvalue weighted by Crippen LogP contribution is -2.33. The van der Waals surface area contributed by atoms with Crippen LogP contribution in [0.25, 0.3) is 21.8 Å². The average molecular weight is 521 g/mol. The summed E-state index contributed by atoms with van der Waals surface area (Å²) in [5.41, 5.74) is 2.09. The minimum Gasteiger partial charge on any atom is -0.565 e. The van der Waals surface area contributed by atoms with Crippen LogP contribution >= 0.6 is 8.25 Å². The minimum atomic E-state index is -3.04. The zero-order chi connectivity index (χ0) is 25.0. The molecular weight excluding hydrogens is 487 g/mol. The third-order valence-corrected chi connectivity index (χ3v) is 5.11. The van der Waals surface area contributed by atoms with Gasteiger partial charge in [0, 0.05) is 35.5 Å². The average Bonchev–Trinajstić information content (AvgIpc) is 3.27. The maximum Gasteiger partial charge on any atom is 0.521 e. The van der Waals surface area contributed by atoms with Crippen molar-refractivity contribution < 1.29 is 40.1 Å². The van der Waals surface area contributed by atoms with Crippen LogP contribution < -0.4 is 24.4 Å². The number of aliphatic hydroxyl groups is 1. The van der Waals surface area contributed by atoms with E-state index in [1.54, 1.807) is 7.11 Å². The first-order chi connectivity index (χ1) is 17.0. The second-order valence-electron chi connectivity index (χ2n) is 7.32. The molecule has 4 N–H and O–H groups in total. The molecule has 1 heterocycles. The number of hydrogen-bond donors (Lipinski definition) is 4. The van der Waals surface area contributed by atoms with Crippen molar-refractivity contribution in [2.45, 2.75) is 13.5 Å². The highest BCUT2D eigenvalue weighted by Gasteiger charge is 2.11. The highest BCUT2D eigenvalue weighted by Crippen LogP contribution is 2.33. The monoisotopic (exact) mass is 520 g/mol. The lowest BCUT2D eigenvalue weighted by Gasteiger charge is -2.15. The zero-order valence-corrected chi connectivity index (χ0v) is 19.9. The van der Waals surface area contributed by atoms with Crippen LogP contribution in [0.5, 0.6) is 17.2 Å². The molecule has 0 saturated carbocycles. The predicted molar refractivity (Wildman–Crippen MR) is 139 cm³/mol. The maximum absolute atomic E-state index is 10.3. The summed E-state index contributed by atoms with van der Waals surface area (Å²) in [6.45, 7) is 1.70. The molecule has 0 aliphatic heterocycles. The Bertz CT molecular complexity index is 1240. The summed E-state index contributed by atoms with van der Waals surface area (Å²) >= 11 is 0. The second-order valence-corrected chi connectivity index (χ2v) is 7.93. The van der Waals surface area contributed by atoms with Gasteiger partial charge in [-0.25, -0.2) is 5.26 Å². The smallest absolute Gasteiger partial charge is 0.521 e. The molecule has 4 rings (SSSR count). The van der Waals surface area contributed by atoms with Gasteiger partial charge in [0.1, 0.15) is 25.1 Å². The van der Waals surface area contributed by atoms with Gasteiger partial charge in [-0.15, -0.1) is 0 Å². The van der Waals surface area contributed by atoms with Gasteiger partial charge >= 0.3 is 8.25 Å². The summed E-state index contributed by atoms with van der Waals surface area (Å²) in [6, 6.07) is 21.6. The maximum atomic E-state index is 10.3. The molecule has 0 fully saturated rings. The molecule has 4 aromatic rings. The van der Waals surface area contributed by atoms with Gasteiger partial charge in [-0.2, -0.15) is 0 Å². The lowest BCUT2D eigenvalue weighted by atomic mass is 10.1. The molecule has 0 amide bonds. The zero-order valence-electron chi connectivity index (χ0n) is 19.0. The van der Waals surface area contributed by atoms with E-state index in [9.17, 15) is 5.11 Å². The first kappa shape index (κ1) is 29.0. The third-order valence-electron chi connectivity index (χ3n) is 4.98. The number of H-pyrrole nitrogens is 1. The number of rotatable bonds is 11. The number of benzene rings is 3. The van der Waals surface area contributed by atoms with Gasteiger partial charge < -0.3 is 34.5 Å². The third kappa shape index (κ3) is 8.17. The van der Waals surface area contributed by atoms with E-state index in [0.29, 0.717) is 31.2 Å². The van der Waals surface area contributed by atoms with Crippen LogP contribution in [0.15, 0.2) is 66.7 Å². The normalized spacial score (nSPS) is 11.7. The van der Waals surface area contributed by atoms with Gasteiger partial charge in [0.25, 0.3) is 0 Å². The Hall–Kier alpha value is -3.24.